The number of fused-ring (bicyclic) bond motifs is 1. The highest BCUT2D eigenvalue weighted by atomic mass is 79.9. The monoisotopic (exact) mass is 283 g/mol. The van der Waals surface area contributed by atoms with Gasteiger partial charge in [-0.15, -0.1) is 0 Å². The van der Waals surface area contributed by atoms with E-state index in [9.17, 15) is 0 Å². The molecule has 0 aromatic heterocycles. The first-order valence-corrected chi connectivity index (χ1v) is 6.68. The summed E-state index contributed by atoms with van der Waals surface area (Å²) in [4.78, 5) is 0. The molecule has 1 aliphatic heterocycles. The standard InChI is InChI=1S/C13H18BrNO/c1-3-9(2)15-12-6-7-16-13-5-4-10(14)8-11(12)13/h4-5,8-9,12,15H,3,6-7H2,1-2H3. The van der Waals surface area contributed by atoms with Crippen LogP contribution in [-0.2, 0) is 0 Å². The van der Waals surface area contributed by atoms with E-state index in [2.05, 4.69) is 41.2 Å². The van der Waals surface area contributed by atoms with Gasteiger partial charge in [-0.25, -0.2) is 0 Å². The molecule has 0 bridgehead atoms. The van der Waals surface area contributed by atoms with Crippen LogP contribution < -0.4 is 10.1 Å². The molecule has 1 aromatic carbocycles. The zero-order chi connectivity index (χ0) is 11.5. The van der Waals surface area contributed by atoms with Crippen molar-refractivity contribution >= 4 is 15.9 Å². The van der Waals surface area contributed by atoms with E-state index in [1.807, 2.05) is 12.1 Å². The summed E-state index contributed by atoms with van der Waals surface area (Å²) in [5, 5.41) is 3.65. The molecule has 0 aliphatic carbocycles. The topological polar surface area (TPSA) is 21.3 Å². The molecule has 1 N–H and O–H groups in total. The third-order valence-electron chi connectivity index (χ3n) is 3.11. The van der Waals surface area contributed by atoms with E-state index in [1.165, 1.54) is 5.56 Å². The lowest BCUT2D eigenvalue weighted by atomic mass is 9.99. The van der Waals surface area contributed by atoms with Crippen LogP contribution >= 0.6 is 15.9 Å². The van der Waals surface area contributed by atoms with Crippen molar-refractivity contribution in [2.24, 2.45) is 0 Å². The van der Waals surface area contributed by atoms with Gasteiger partial charge in [0.05, 0.1) is 6.61 Å². The molecule has 1 aromatic rings. The van der Waals surface area contributed by atoms with Gasteiger partial charge in [0.2, 0.25) is 0 Å². The van der Waals surface area contributed by atoms with E-state index in [1.54, 1.807) is 0 Å². The number of ether oxygens (including phenoxy) is 1. The minimum atomic E-state index is 0.427. The van der Waals surface area contributed by atoms with Crippen LogP contribution in [0.25, 0.3) is 0 Å². The fraction of sp³-hybridized carbons (Fsp3) is 0.538. The van der Waals surface area contributed by atoms with E-state index in [4.69, 9.17) is 4.74 Å². The number of benzene rings is 1. The molecule has 2 atom stereocenters. The van der Waals surface area contributed by atoms with Gasteiger partial charge in [0.1, 0.15) is 5.75 Å². The second kappa shape index (κ2) is 5.19. The first kappa shape index (κ1) is 11.9. The van der Waals surface area contributed by atoms with Crippen LogP contribution in [0.5, 0.6) is 5.75 Å². The highest BCUT2D eigenvalue weighted by molar-refractivity contribution is 9.10. The van der Waals surface area contributed by atoms with Crippen molar-refractivity contribution in [2.75, 3.05) is 6.61 Å². The van der Waals surface area contributed by atoms with Gasteiger partial charge in [-0.3, -0.25) is 0 Å². The summed E-state index contributed by atoms with van der Waals surface area (Å²) in [6, 6.07) is 7.22. The molecule has 1 aliphatic rings. The summed E-state index contributed by atoms with van der Waals surface area (Å²) in [6.45, 7) is 5.24. The molecule has 88 valence electrons. The van der Waals surface area contributed by atoms with Crippen LogP contribution in [-0.4, -0.2) is 12.6 Å². The van der Waals surface area contributed by atoms with Crippen LogP contribution in [0.15, 0.2) is 22.7 Å². The third-order valence-corrected chi connectivity index (χ3v) is 3.60. The fourth-order valence-corrected chi connectivity index (χ4v) is 2.38. The third kappa shape index (κ3) is 2.58. The lowest BCUT2D eigenvalue weighted by Crippen LogP contribution is -2.33. The first-order valence-electron chi connectivity index (χ1n) is 5.89. The Balaban J connectivity index is 2.21. The SMILES string of the molecule is CCC(C)NC1CCOc2ccc(Br)cc21. The van der Waals surface area contributed by atoms with Crippen LogP contribution in [0.4, 0.5) is 0 Å². The minimum absolute atomic E-state index is 0.427. The Morgan fingerprint density at radius 2 is 2.38 bits per heavy atom. The molecule has 16 heavy (non-hydrogen) atoms. The van der Waals surface area contributed by atoms with Gasteiger partial charge < -0.3 is 10.1 Å². The number of nitrogens with one attached hydrogen (secondary N) is 1. The second-order valence-corrected chi connectivity index (χ2v) is 5.26. The molecule has 0 amide bonds. The Morgan fingerprint density at radius 1 is 1.56 bits per heavy atom. The lowest BCUT2D eigenvalue weighted by molar-refractivity contribution is 0.245. The number of hydrogen-bond acceptors (Lipinski definition) is 2. The van der Waals surface area contributed by atoms with Gasteiger partial charge in [-0.05, 0) is 31.5 Å². The average molecular weight is 284 g/mol. The lowest BCUT2D eigenvalue weighted by Gasteiger charge is -2.29. The van der Waals surface area contributed by atoms with E-state index in [-0.39, 0.29) is 0 Å². The molecular weight excluding hydrogens is 266 g/mol. The predicted octanol–water partition coefficient (Wildman–Crippen LogP) is 3.66. The van der Waals surface area contributed by atoms with Crippen molar-refractivity contribution in [1.82, 2.24) is 5.32 Å². The molecule has 1 heterocycles. The van der Waals surface area contributed by atoms with Crippen molar-refractivity contribution in [3.8, 4) is 5.75 Å². The van der Waals surface area contributed by atoms with Crippen LogP contribution in [0.1, 0.15) is 38.3 Å². The summed E-state index contributed by atoms with van der Waals surface area (Å²) < 4.78 is 6.78. The van der Waals surface area contributed by atoms with Gasteiger partial charge >= 0.3 is 0 Å². The summed E-state index contributed by atoms with van der Waals surface area (Å²) >= 11 is 3.52. The Kier molecular flexibility index (Phi) is 3.87. The molecule has 0 fully saturated rings. The summed E-state index contributed by atoms with van der Waals surface area (Å²) in [7, 11) is 0. The molecular formula is C13H18BrNO. The molecule has 0 saturated heterocycles. The zero-order valence-corrected chi connectivity index (χ0v) is 11.4. The van der Waals surface area contributed by atoms with Gasteiger partial charge in [-0.2, -0.15) is 0 Å². The van der Waals surface area contributed by atoms with Crippen molar-refractivity contribution in [1.29, 1.82) is 0 Å². The van der Waals surface area contributed by atoms with Crippen molar-refractivity contribution in [3.05, 3.63) is 28.2 Å². The maximum atomic E-state index is 5.66. The smallest absolute Gasteiger partial charge is 0.124 e. The molecule has 0 spiro atoms. The molecule has 0 saturated carbocycles. The highest BCUT2D eigenvalue weighted by Gasteiger charge is 2.22. The maximum absolute atomic E-state index is 5.66. The number of hydrogen-bond donors (Lipinski definition) is 1. The zero-order valence-electron chi connectivity index (χ0n) is 9.79. The Hall–Kier alpha value is -0.540. The average Bonchev–Trinajstić information content (AvgIpc) is 2.29. The Labute approximate surface area is 106 Å². The molecule has 0 radical (unpaired) electrons. The molecule has 3 heteroatoms. The van der Waals surface area contributed by atoms with Crippen LogP contribution in [0.3, 0.4) is 0 Å². The van der Waals surface area contributed by atoms with E-state index in [0.29, 0.717) is 12.1 Å². The van der Waals surface area contributed by atoms with Crippen molar-refractivity contribution < 1.29 is 4.74 Å². The van der Waals surface area contributed by atoms with E-state index in [0.717, 1.165) is 29.7 Å². The summed E-state index contributed by atoms with van der Waals surface area (Å²) in [5.74, 6) is 1.02. The summed E-state index contributed by atoms with van der Waals surface area (Å²) in [6.07, 6.45) is 2.20. The largest absolute Gasteiger partial charge is 0.493 e. The quantitative estimate of drug-likeness (QED) is 0.914. The van der Waals surface area contributed by atoms with Gasteiger partial charge in [0, 0.05) is 28.5 Å². The molecule has 2 unspecified atom stereocenters. The predicted molar refractivity (Wildman–Crippen MR) is 69.9 cm³/mol. The Morgan fingerprint density at radius 3 is 3.12 bits per heavy atom. The van der Waals surface area contributed by atoms with Crippen molar-refractivity contribution in [3.63, 3.8) is 0 Å². The fourth-order valence-electron chi connectivity index (χ4n) is 2.00. The van der Waals surface area contributed by atoms with Gasteiger partial charge in [-0.1, -0.05) is 22.9 Å². The number of rotatable bonds is 3. The minimum Gasteiger partial charge on any atom is -0.493 e. The van der Waals surface area contributed by atoms with E-state index < -0.39 is 0 Å². The van der Waals surface area contributed by atoms with E-state index >= 15 is 0 Å². The number of halogens is 1. The van der Waals surface area contributed by atoms with Crippen molar-refractivity contribution in [2.45, 2.75) is 38.8 Å². The first-order chi connectivity index (χ1) is 7.70. The molecule has 2 rings (SSSR count). The summed E-state index contributed by atoms with van der Waals surface area (Å²) in [5.41, 5.74) is 1.28. The highest BCUT2D eigenvalue weighted by Crippen LogP contribution is 2.34. The van der Waals surface area contributed by atoms with Crippen LogP contribution in [0, 0.1) is 0 Å². The second-order valence-electron chi connectivity index (χ2n) is 4.35. The Bertz CT molecular complexity index is 367. The van der Waals surface area contributed by atoms with Crippen LogP contribution in [0.2, 0.25) is 0 Å². The van der Waals surface area contributed by atoms with Gasteiger partial charge in [0.15, 0.2) is 0 Å². The maximum Gasteiger partial charge on any atom is 0.124 e. The van der Waals surface area contributed by atoms with Gasteiger partial charge in [0.25, 0.3) is 0 Å². The normalized spacial score (nSPS) is 21.1. The molecule has 2 nitrogen and oxygen atoms in total.